The van der Waals surface area contributed by atoms with E-state index in [1.165, 1.54) is 12.8 Å². The summed E-state index contributed by atoms with van der Waals surface area (Å²) in [5.74, 6) is 0.423. The van der Waals surface area contributed by atoms with Crippen molar-refractivity contribution in [2.45, 2.75) is 32.2 Å². The third-order valence-electron chi connectivity index (χ3n) is 1.94. The summed E-state index contributed by atoms with van der Waals surface area (Å²) in [4.78, 5) is 10.9. The number of hydrogen-bond donors (Lipinski definition) is 1. The van der Waals surface area contributed by atoms with Gasteiger partial charge in [0.25, 0.3) is 0 Å². The molecule has 0 aromatic carbocycles. The molecule has 1 saturated carbocycles. The van der Waals surface area contributed by atoms with E-state index in [2.05, 4.69) is 0 Å². The second-order valence-electron chi connectivity index (χ2n) is 3.01. The number of rotatable bonds is 4. The monoisotopic (exact) mass is 157 g/mol. The molecule has 0 aliphatic heterocycles. The van der Waals surface area contributed by atoms with Crippen molar-refractivity contribution in [3.8, 4) is 0 Å². The molecule has 0 heterocycles. The summed E-state index contributed by atoms with van der Waals surface area (Å²) >= 11 is 0. The van der Waals surface area contributed by atoms with Gasteiger partial charge in [-0.15, -0.1) is 0 Å². The normalized spacial score (nSPS) is 19.5. The summed E-state index contributed by atoms with van der Waals surface area (Å²) < 4.78 is 4.77. The summed E-state index contributed by atoms with van der Waals surface area (Å²) in [6.45, 7) is 2.26. The Balaban J connectivity index is 2.12. The summed E-state index contributed by atoms with van der Waals surface area (Å²) in [7, 11) is 0. The van der Waals surface area contributed by atoms with Gasteiger partial charge >= 0.3 is 5.97 Å². The molecule has 1 fully saturated rings. The van der Waals surface area contributed by atoms with Crippen LogP contribution in [0, 0.1) is 5.92 Å². The Morgan fingerprint density at radius 1 is 1.73 bits per heavy atom. The predicted molar refractivity (Wildman–Crippen MR) is 41.9 cm³/mol. The van der Waals surface area contributed by atoms with Crippen LogP contribution in [0.25, 0.3) is 0 Å². The second kappa shape index (κ2) is 3.72. The largest absolute Gasteiger partial charge is 0.466 e. The lowest BCUT2D eigenvalue weighted by Crippen LogP contribution is -2.26. The average molecular weight is 157 g/mol. The van der Waals surface area contributed by atoms with Gasteiger partial charge in [-0.05, 0) is 25.7 Å². The van der Waals surface area contributed by atoms with Crippen molar-refractivity contribution >= 4 is 5.97 Å². The highest BCUT2D eigenvalue weighted by molar-refractivity contribution is 5.70. The molecule has 1 rings (SSSR count). The summed E-state index contributed by atoms with van der Waals surface area (Å²) in [5, 5.41) is 0. The van der Waals surface area contributed by atoms with E-state index in [4.69, 9.17) is 10.5 Å². The molecule has 0 spiro atoms. The first-order valence-electron chi connectivity index (χ1n) is 4.15. The highest BCUT2D eigenvalue weighted by Gasteiger charge is 2.29. The third kappa shape index (κ3) is 2.89. The Hall–Kier alpha value is -0.570. The number of carbonyl (C=O) groups excluding carboxylic acids is 1. The number of esters is 1. The van der Waals surface area contributed by atoms with E-state index >= 15 is 0 Å². The summed E-state index contributed by atoms with van der Waals surface area (Å²) in [6, 6.07) is 0.0362. The lowest BCUT2D eigenvalue weighted by Gasteiger charge is -2.08. The maximum absolute atomic E-state index is 10.9. The van der Waals surface area contributed by atoms with E-state index in [1.807, 2.05) is 0 Å². The summed E-state index contributed by atoms with van der Waals surface area (Å²) in [5.41, 5.74) is 5.71. The van der Waals surface area contributed by atoms with Crippen molar-refractivity contribution in [3.63, 3.8) is 0 Å². The molecule has 0 aromatic heterocycles. The van der Waals surface area contributed by atoms with Gasteiger partial charge in [0.05, 0.1) is 13.0 Å². The maximum atomic E-state index is 10.9. The van der Waals surface area contributed by atoms with Crippen molar-refractivity contribution in [2.24, 2.45) is 11.7 Å². The standard InChI is InChI=1S/C8H15NO2/c1-2-11-8(10)5-7(9)6-3-4-6/h6-7H,2-5,9H2,1H3. The molecule has 1 atom stereocenters. The van der Waals surface area contributed by atoms with Gasteiger partial charge in [-0.2, -0.15) is 0 Å². The molecule has 1 aliphatic rings. The fourth-order valence-electron chi connectivity index (χ4n) is 1.10. The van der Waals surface area contributed by atoms with Gasteiger partial charge < -0.3 is 10.5 Å². The van der Waals surface area contributed by atoms with Crippen LogP contribution in [0.3, 0.4) is 0 Å². The van der Waals surface area contributed by atoms with Gasteiger partial charge in [0.15, 0.2) is 0 Å². The average Bonchev–Trinajstić information content (AvgIpc) is 2.67. The molecule has 0 saturated heterocycles. The highest BCUT2D eigenvalue weighted by atomic mass is 16.5. The molecule has 1 aliphatic carbocycles. The van der Waals surface area contributed by atoms with Gasteiger partial charge in [0.1, 0.15) is 0 Å². The lowest BCUT2D eigenvalue weighted by atomic mass is 10.1. The first kappa shape index (κ1) is 8.53. The molecule has 0 radical (unpaired) electrons. The maximum Gasteiger partial charge on any atom is 0.307 e. The van der Waals surface area contributed by atoms with Crippen LogP contribution >= 0.6 is 0 Å². The number of ether oxygens (including phenoxy) is 1. The molecule has 0 amide bonds. The minimum absolute atomic E-state index is 0.0362. The zero-order chi connectivity index (χ0) is 8.27. The smallest absolute Gasteiger partial charge is 0.307 e. The van der Waals surface area contributed by atoms with Gasteiger partial charge in [-0.3, -0.25) is 4.79 Å². The van der Waals surface area contributed by atoms with Crippen LogP contribution in [0.4, 0.5) is 0 Å². The molecule has 3 heteroatoms. The molecule has 1 unspecified atom stereocenters. The number of carbonyl (C=O) groups is 1. The number of hydrogen-bond acceptors (Lipinski definition) is 3. The van der Waals surface area contributed by atoms with E-state index in [0.29, 0.717) is 18.9 Å². The first-order chi connectivity index (χ1) is 5.24. The minimum Gasteiger partial charge on any atom is -0.466 e. The predicted octanol–water partition coefficient (Wildman–Crippen LogP) is 0.677. The second-order valence-corrected chi connectivity index (χ2v) is 3.01. The van der Waals surface area contributed by atoms with Crippen LogP contribution in [-0.4, -0.2) is 18.6 Å². The van der Waals surface area contributed by atoms with Gasteiger partial charge in [-0.25, -0.2) is 0 Å². The third-order valence-corrected chi connectivity index (χ3v) is 1.94. The van der Waals surface area contributed by atoms with E-state index in [9.17, 15) is 4.79 Å². The van der Waals surface area contributed by atoms with Gasteiger partial charge in [0, 0.05) is 6.04 Å². The molecule has 11 heavy (non-hydrogen) atoms. The van der Waals surface area contributed by atoms with Crippen LogP contribution in [0.1, 0.15) is 26.2 Å². The van der Waals surface area contributed by atoms with Crippen molar-refractivity contribution in [2.75, 3.05) is 6.61 Å². The van der Waals surface area contributed by atoms with Gasteiger partial charge in [0.2, 0.25) is 0 Å². The molecule has 0 bridgehead atoms. The van der Waals surface area contributed by atoms with E-state index in [1.54, 1.807) is 6.92 Å². The Labute approximate surface area is 66.9 Å². The fourth-order valence-corrected chi connectivity index (χ4v) is 1.10. The quantitative estimate of drug-likeness (QED) is 0.610. The Bertz CT molecular complexity index is 143. The van der Waals surface area contributed by atoms with Crippen LogP contribution < -0.4 is 5.73 Å². The van der Waals surface area contributed by atoms with Crippen molar-refractivity contribution in [1.82, 2.24) is 0 Å². The SMILES string of the molecule is CCOC(=O)CC(N)C1CC1. The zero-order valence-electron chi connectivity index (χ0n) is 6.88. The Morgan fingerprint density at radius 3 is 2.82 bits per heavy atom. The molecule has 3 nitrogen and oxygen atoms in total. The van der Waals surface area contributed by atoms with Gasteiger partial charge in [-0.1, -0.05) is 0 Å². The van der Waals surface area contributed by atoms with Crippen molar-refractivity contribution in [3.05, 3.63) is 0 Å². The van der Waals surface area contributed by atoms with Crippen LogP contribution in [0.5, 0.6) is 0 Å². The van der Waals surface area contributed by atoms with E-state index < -0.39 is 0 Å². The highest BCUT2D eigenvalue weighted by Crippen LogP contribution is 2.32. The van der Waals surface area contributed by atoms with Crippen molar-refractivity contribution < 1.29 is 9.53 Å². The Kier molecular flexibility index (Phi) is 2.88. The topological polar surface area (TPSA) is 52.3 Å². The van der Waals surface area contributed by atoms with E-state index in [-0.39, 0.29) is 12.0 Å². The number of nitrogens with two attached hydrogens (primary N) is 1. The summed E-state index contributed by atoms with van der Waals surface area (Å²) in [6.07, 6.45) is 2.75. The molecule has 2 N–H and O–H groups in total. The fraction of sp³-hybridized carbons (Fsp3) is 0.875. The van der Waals surface area contributed by atoms with Crippen LogP contribution in [0.2, 0.25) is 0 Å². The molecule has 64 valence electrons. The molecular weight excluding hydrogens is 142 g/mol. The van der Waals surface area contributed by atoms with Crippen molar-refractivity contribution in [1.29, 1.82) is 0 Å². The zero-order valence-corrected chi connectivity index (χ0v) is 6.88. The first-order valence-corrected chi connectivity index (χ1v) is 4.15. The Morgan fingerprint density at radius 2 is 2.36 bits per heavy atom. The minimum atomic E-state index is -0.160. The molecular formula is C8H15NO2. The lowest BCUT2D eigenvalue weighted by molar-refractivity contribution is -0.143. The molecule has 0 aromatic rings. The van der Waals surface area contributed by atoms with Crippen LogP contribution in [-0.2, 0) is 9.53 Å². The van der Waals surface area contributed by atoms with Crippen LogP contribution in [0.15, 0.2) is 0 Å². The van der Waals surface area contributed by atoms with E-state index in [0.717, 1.165) is 0 Å².